The predicted octanol–water partition coefficient (Wildman–Crippen LogP) is 3.96. The van der Waals surface area contributed by atoms with Gasteiger partial charge in [-0.1, -0.05) is 32.9 Å². The first-order valence-electron chi connectivity index (χ1n) is 4.22. The highest BCUT2D eigenvalue weighted by atomic mass is 32.2. The van der Waals surface area contributed by atoms with Gasteiger partial charge < -0.3 is 0 Å². The fourth-order valence-electron chi connectivity index (χ4n) is 0.717. The van der Waals surface area contributed by atoms with Crippen molar-refractivity contribution >= 4 is 11.8 Å². The summed E-state index contributed by atoms with van der Waals surface area (Å²) in [5.74, 6) is 0.801. The molecule has 12 heavy (non-hydrogen) atoms. The second-order valence-corrected chi connectivity index (χ2v) is 3.17. The Morgan fingerprint density at radius 1 is 1.25 bits per heavy atom. The molecule has 0 radical (unpaired) electrons. The first-order valence-corrected chi connectivity index (χ1v) is 5.20. The first-order chi connectivity index (χ1) is 5.84. The van der Waals surface area contributed by atoms with Gasteiger partial charge >= 0.3 is 0 Å². The first kappa shape index (κ1) is 11.5. The van der Waals surface area contributed by atoms with Crippen LogP contribution >= 0.6 is 11.8 Å². The van der Waals surface area contributed by atoms with Crippen LogP contribution in [-0.2, 0) is 0 Å². The number of thioether (sulfide) groups is 1. The molecule has 0 nitrogen and oxygen atoms in total. The van der Waals surface area contributed by atoms with Gasteiger partial charge in [0.1, 0.15) is 5.82 Å². The zero-order chi connectivity index (χ0) is 9.40. The SMILES string of the molecule is CC.CCSc1ccccc1F. The maximum atomic E-state index is 12.8. The van der Waals surface area contributed by atoms with E-state index in [9.17, 15) is 4.39 Å². The molecule has 0 aliphatic carbocycles. The minimum absolute atomic E-state index is 0.116. The molecule has 0 aliphatic heterocycles. The predicted molar refractivity (Wildman–Crippen MR) is 54.1 cm³/mol. The lowest BCUT2D eigenvalue weighted by atomic mass is 10.3. The fraction of sp³-hybridized carbons (Fsp3) is 0.400. The van der Waals surface area contributed by atoms with Crippen molar-refractivity contribution in [3.8, 4) is 0 Å². The van der Waals surface area contributed by atoms with Gasteiger partial charge in [-0.05, 0) is 17.9 Å². The molecule has 1 aromatic carbocycles. The van der Waals surface area contributed by atoms with Gasteiger partial charge in [-0.25, -0.2) is 4.39 Å². The summed E-state index contributed by atoms with van der Waals surface area (Å²) in [6.45, 7) is 6.01. The molecule has 0 aromatic heterocycles. The van der Waals surface area contributed by atoms with Gasteiger partial charge in [0.25, 0.3) is 0 Å². The third kappa shape index (κ3) is 3.77. The van der Waals surface area contributed by atoms with Crippen molar-refractivity contribution in [2.75, 3.05) is 5.75 Å². The summed E-state index contributed by atoms with van der Waals surface area (Å²) in [4.78, 5) is 0.741. The molecule has 0 atom stereocenters. The lowest BCUT2D eigenvalue weighted by molar-refractivity contribution is 0.602. The summed E-state index contributed by atoms with van der Waals surface area (Å²) in [7, 11) is 0. The summed E-state index contributed by atoms with van der Waals surface area (Å²) < 4.78 is 12.8. The third-order valence-corrected chi connectivity index (χ3v) is 2.07. The second-order valence-electron chi connectivity index (χ2n) is 1.86. The molecule has 0 saturated carbocycles. The van der Waals surface area contributed by atoms with Crippen molar-refractivity contribution in [2.45, 2.75) is 25.7 Å². The van der Waals surface area contributed by atoms with Gasteiger partial charge in [0.15, 0.2) is 0 Å². The standard InChI is InChI=1S/C8H9FS.C2H6/c1-2-10-8-6-4-3-5-7(8)9;1-2/h3-6H,2H2,1H3;1-2H3. The molecule has 1 rings (SSSR count). The summed E-state index contributed by atoms with van der Waals surface area (Å²) in [6.07, 6.45) is 0. The van der Waals surface area contributed by atoms with E-state index in [0.29, 0.717) is 0 Å². The molecule has 0 unspecified atom stereocenters. The van der Waals surface area contributed by atoms with Crippen LogP contribution in [-0.4, -0.2) is 5.75 Å². The molecular formula is C10H15FS. The minimum Gasteiger partial charge on any atom is -0.206 e. The van der Waals surface area contributed by atoms with Crippen molar-refractivity contribution in [1.29, 1.82) is 0 Å². The van der Waals surface area contributed by atoms with E-state index in [0.717, 1.165) is 10.6 Å². The molecule has 0 saturated heterocycles. The minimum atomic E-state index is -0.116. The summed E-state index contributed by atoms with van der Waals surface area (Å²) in [5.41, 5.74) is 0. The zero-order valence-corrected chi connectivity index (χ0v) is 8.62. The Hall–Kier alpha value is -0.500. The largest absolute Gasteiger partial charge is 0.206 e. The molecule has 1 aromatic rings. The second kappa shape index (κ2) is 7.17. The Balaban J connectivity index is 0.000000561. The van der Waals surface area contributed by atoms with Gasteiger partial charge in [0.2, 0.25) is 0 Å². The molecule has 68 valence electrons. The van der Waals surface area contributed by atoms with Gasteiger partial charge in [0, 0.05) is 4.90 Å². The number of rotatable bonds is 2. The number of halogens is 1. The quantitative estimate of drug-likeness (QED) is 0.630. The summed E-state index contributed by atoms with van der Waals surface area (Å²) in [6, 6.07) is 6.83. The van der Waals surface area contributed by atoms with E-state index >= 15 is 0 Å². The Morgan fingerprint density at radius 2 is 1.83 bits per heavy atom. The molecular weight excluding hydrogens is 171 g/mol. The number of hydrogen-bond donors (Lipinski definition) is 0. The molecule has 0 spiro atoms. The van der Waals surface area contributed by atoms with E-state index in [1.54, 1.807) is 12.1 Å². The lowest BCUT2D eigenvalue weighted by Crippen LogP contribution is -1.78. The van der Waals surface area contributed by atoms with Crippen LogP contribution in [0.15, 0.2) is 29.2 Å². The Labute approximate surface area is 78.2 Å². The lowest BCUT2D eigenvalue weighted by Gasteiger charge is -1.97. The molecule has 0 aliphatic rings. The third-order valence-electron chi connectivity index (χ3n) is 1.14. The van der Waals surface area contributed by atoms with Crippen LogP contribution in [0.5, 0.6) is 0 Å². The van der Waals surface area contributed by atoms with Crippen LogP contribution < -0.4 is 0 Å². The summed E-state index contributed by atoms with van der Waals surface area (Å²) in [5, 5.41) is 0. The molecule has 0 amide bonds. The van der Waals surface area contributed by atoms with Gasteiger partial charge in [0.05, 0.1) is 0 Å². The fourth-order valence-corrected chi connectivity index (χ4v) is 1.41. The van der Waals surface area contributed by atoms with Crippen molar-refractivity contribution in [3.05, 3.63) is 30.1 Å². The van der Waals surface area contributed by atoms with E-state index in [1.165, 1.54) is 17.8 Å². The molecule has 0 heterocycles. The van der Waals surface area contributed by atoms with Crippen molar-refractivity contribution in [3.63, 3.8) is 0 Å². The normalized spacial score (nSPS) is 8.67. The topological polar surface area (TPSA) is 0 Å². The van der Waals surface area contributed by atoms with Crippen LogP contribution in [0, 0.1) is 5.82 Å². The van der Waals surface area contributed by atoms with Crippen molar-refractivity contribution in [2.24, 2.45) is 0 Å². The Kier molecular flexibility index (Phi) is 6.87. The maximum absolute atomic E-state index is 12.8. The van der Waals surface area contributed by atoms with E-state index in [2.05, 4.69) is 0 Å². The smallest absolute Gasteiger partial charge is 0.136 e. The maximum Gasteiger partial charge on any atom is 0.136 e. The monoisotopic (exact) mass is 186 g/mol. The molecule has 0 fully saturated rings. The molecule has 2 heteroatoms. The van der Waals surface area contributed by atoms with Crippen LogP contribution in [0.3, 0.4) is 0 Å². The Bertz CT molecular complexity index is 211. The summed E-state index contributed by atoms with van der Waals surface area (Å²) >= 11 is 1.53. The average Bonchev–Trinajstić information content (AvgIpc) is 2.13. The number of hydrogen-bond acceptors (Lipinski definition) is 1. The highest BCUT2D eigenvalue weighted by Gasteiger charge is 1.97. The zero-order valence-electron chi connectivity index (χ0n) is 7.80. The Morgan fingerprint density at radius 3 is 2.33 bits per heavy atom. The van der Waals surface area contributed by atoms with Crippen molar-refractivity contribution < 1.29 is 4.39 Å². The van der Waals surface area contributed by atoms with E-state index < -0.39 is 0 Å². The highest BCUT2D eigenvalue weighted by molar-refractivity contribution is 7.99. The van der Waals surface area contributed by atoms with Crippen molar-refractivity contribution in [1.82, 2.24) is 0 Å². The number of benzene rings is 1. The van der Waals surface area contributed by atoms with Gasteiger partial charge in [-0.3, -0.25) is 0 Å². The van der Waals surface area contributed by atoms with E-state index in [1.807, 2.05) is 26.8 Å². The average molecular weight is 186 g/mol. The van der Waals surface area contributed by atoms with Gasteiger partial charge in [-0.15, -0.1) is 11.8 Å². The molecule has 0 N–H and O–H groups in total. The van der Waals surface area contributed by atoms with Crippen LogP contribution in [0.4, 0.5) is 4.39 Å². The van der Waals surface area contributed by atoms with Gasteiger partial charge in [-0.2, -0.15) is 0 Å². The van der Waals surface area contributed by atoms with Crippen LogP contribution in [0.2, 0.25) is 0 Å². The van der Waals surface area contributed by atoms with Crippen LogP contribution in [0.25, 0.3) is 0 Å². The van der Waals surface area contributed by atoms with E-state index in [-0.39, 0.29) is 5.82 Å². The highest BCUT2D eigenvalue weighted by Crippen LogP contribution is 2.19. The van der Waals surface area contributed by atoms with Crippen LogP contribution in [0.1, 0.15) is 20.8 Å². The molecule has 0 bridgehead atoms. The van der Waals surface area contributed by atoms with E-state index in [4.69, 9.17) is 0 Å².